The van der Waals surface area contributed by atoms with Crippen molar-refractivity contribution in [1.82, 2.24) is 10.3 Å². The highest BCUT2D eigenvalue weighted by atomic mass is 79.9. The van der Waals surface area contributed by atoms with Gasteiger partial charge in [0.15, 0.2) is 5.03 Å². The molecule has 0 saturated carbocycles. The number of rotatable bonds is 5. The molecular weight excluding hydrogens is 439 g/mol. The smallest absolute Gasteiger partial charge is 0.236 e. The summed E-state index contributed by atoms with van der Waals surface area (Å²) < 4.78 is 25.1. The van der Waals surface area contributed by atoms with E-state index in [9.17, 15) is 13.2 Å². The zero-order valence-electron chi connectivity index (χ0n) is 12.5. The second kappa shape index (κ2) is 7.82. The van der Waals surface area contributed by atoms with Gasteiger partial charge in [0.05, 0.1) is 6.04 Å². The molecule has 0 fully saturated rings. The fourth-order valence-corrected chi connectivity index (χ4v) is 3.88. The number of nitrogens with zero attached hydrogens (tertiary/aromatic N) is 1. The van der Waals surface area contributed by atoms with Gasteiger partial charge in [-0.3, -0.25) is 4.79 Å². The van der Waals surface area contributed by atoms with Crippen LogP contribution in [0.25, 0.3) is 0 Å². The van der Waals surface area contributed by atoms with Crippen LogP contribution >= 0.6 is 39.1 Å². The monoisotopic (exact) mass is 450 g/mol. The SMILES string of the molecule is CC(NC(=O)CS(=O)(=O)c1ccc(Br)cn1)c1ccc(Cl)cc1Cl. The fourth-order valence-electron chi connectivity index (χ4n) is 2.01. The van der Waals surface area contributed by atoms with Gasteiger partial charge >= 0.3 is 0 Å². The van der Waals surface area contributed by atoms with Crippen molar-refractivity contribution < 1.29 is 13.2 Å². The van der Waals surface area contributed by atoms with Crippen LogP contribution in [0.3, 0.4) is 0 Å². The number of nitrogens with one attached hydrogen (secondary N) is 1. The van der Waals surface area contributed by atoms with Gasteiger partial charge in [0.2, 0.25) is 15.7 Å². The number of aromatic nitrogens is 1. The summed E-state index contributed by atoms with van der Waals surface area (Å²) in [5.41, 5.74) is 0.647. The fraction of sp³-hybridized carbons (Fsp3) is 0.200. The summed E-state index contributed by atoms with van der Waals surface area (Å²) in [5.74, 6) is -1.34. The van der Waals surface area contributed by atoms with E-state index in [-0.39, 0.29) is 5.03 Å². The van der Waals surface area contributed by atoms with Crippen molar-refractivity contribution in [3.05, 3.63) is 56.6 Å². The zero-order chi connectivity index (χ0) is 17.9. The van der Waals surface area contributed by atoms with Gasteiger partial charge in [-0.25, -0.2) is 13.4 Å². The molecule has 0 aliphatic carbocycles. The van der Waals surface area contributed by atoms with E-state index in [1.54, 1.807) is 31.2 Å². The summed E-state index contributed by atoms with van der Waals surface area (Å²) in [6.45, 7) is 1.71. The molecule has 5 nitrogen and oxygen atoms in total. The van der Waals surface area contributed by atoms with Crippen LogP contribution in [0.4, 0.5) is 0 Å². The average molecular weight is 452 g/mol. The van der Waals surface area contributed by atoms with Crippen LogP contribution in [0.1, 0.15) is 18.5 Å². The van der Waals surface area contributed by atoms with E-state index in [0.717, 1.165) is 0 Å². The minimum absolute atomic E-state index is 0.155. The Labute approximate surface area is 158 Å². The number of hydrogen-bond donors (Lipinski definition) is 1. The van der Waals surface area contributed by atoms with Gasteiger partial charge in [0, 0.05) is 20.7 Å². The number of hydrogen-bond acceptors (Lipinski definition) is 4. The van der Waals surface area contributed by atoms with E-state index in [0.29, 0.717) is 20.1 Å². The van der Waals surface area contributed by atoms with Crippen molar-refractivity contribution in [3.63, 3.8) is 0 Å². The molecule has 0 saturated heterocycles. The Hall–Kier alpha value is -1.15. The highest BCUT2D eigenvalue weighted by molar-refractivity contribution is 9.10. The van der Waals surface area contributed by atoms with E-state index in [4.69, 9.17) is 23.2 Å². The molecule has 1 unspecified atom stereocenters. The Balaban J connectivity index is 2.08. The van der Waals surface area contributed by atoms with Crippen molar-refractivity contribution in [2.45, 2.75) is 18.0 Å². The maximum atomic E-state index is 12.2. The van der Waals surface area contributed by atoms with Crippen LogP contribution in [-0.4, -0.2) is 25.1 Å². The molecule has 9 heteroatoms. The minimum Gasteiger partial charge on any atom is -0.349 e. The molecule has 24 heavy (non-hydrogen) atoms. The second-order valence-corrected chi connectivity index (χ2v) is 8.72. The summed E-state index contributed by atoms with van der Waals surface area (Å²) >= 11 is 15.1. The largest absolute Gasteiger partial charge is 0.349 e. The number of carbonyl (C=O) groups is 1. The molecule has 1 aromatic heterocycles. The molecule has 1 N–H and O–H groups in total. The summed E-state index contributed by atoms with van der Waals surface area (Å²) in [4.78, 5) is 15.9. The number of benzene rings is 1. The molecule has 0 spiro atoms. The highest BCUT2D eigenvalue weighted by Gasteiger charge is 2.22. The van der Waals surface area contributed by atoms with Crippen LogP contribution < -0.4 is 5.32 Å². The Bertz CT molecular complexity index is 858. The predicted octanol–water partition coefficient (Wildman–Crippen LogP) is 3.80. The first-order valence-corrected chi connectivity index (χ1v) is 9.98. The molecule has 1 atom stereocenters. The molecule has 1 aromatic carbocycles. The summed E-state index contributed by atoms with van der Waals surface area (Å²) in [6, 6.07) is 7.31. The van der Waals surface area contributed by atoms with Gasteiger partial charge in [-0.2, -0.15) is 0 Å². The van der Waals surface area contributed by atoms with E-state index < -0.39 is 27.5 Å². The summed E-state index contributed by atoms with van der Waals surface area (Å²) in [7, 11) is -3.82. The third kappa shape index (κ3) is 4.92. The molecule has 0 aliphatic heterocycles. The maximum absolute atomic E-state index is 12.2. The highest BCUT2D eigenvalue weighted by Crippen LogP contribution is 2.26. The topological polar surface area (TPSA) is 76.1 Å². The lowest BCUT2D eigenvalue weighted by Gasteiger charge is -2.16. The van der Waals surface area contributed by atoms with E-state index in [1.165, 1.54) is 12.3 Å². The third-order valence-electron chi connectivity index (χ3n) is 3.15. The van der Waals surface area contributed by atoms with Gasteiger partial charge in [-0.05, 0) is 52.7 Å². The molecule has 1 amide bonds. The van der Waals surface area contributed by atoms with Gasteiger partial charge in [0.25, 0.3) is 0 Å². The molecule has 128 valence electrons. The number of halogens is 3. The average Bonchev–Trinajstić information content (AvgIpc) is 2.46. The standard InChI is InChI=1S/C15H13BrCl2N2O3S/c1-9(12-4-3-11(17)6-13(12)18)20-14(21)8-24(22,23)15-5-2-10(16)7-19-15/h2-7,9H,8H2,1H3,(H,20,21). The first kappa shape index (κ1) is 19.2. The van der Waals surface area contributed by atoms with Crippen LogP contribution in [0.5, 0.6) is 0 Å². The number of carbonyl (C=O) groups excluding carboxylic acids is 1. The van der Waals surface area contributed by atoms with Crippen LogP contribution in [0.15, 0.2) is 46.0 Å². The predicted molar refractivity (Wildman–Crippen MR) is 97.0 cm³/mol. The van der Waals surface area contributed by atoms with E-state index in [1.807, 2.05) is 0 Å². The van der Waals surface area contributed by atoms with Crippen molar-refractivity contribution in [3.8, 4) is 0 Å². The molecule has 0 aliphatic rings. The quantitative estimate of drug-likeness (QED) is 0.749. The van der Waals surface area contributed by atoms with Gasteiger partial charge < -0.3 is 5.32 Å². The molecule has 2 aromatic rings. The molecule has 1 heterocycles. The Morgan fingerprint density at radius 1 is 1.29 bits per heavy atom. The normalized spacial score (nSPS) is 12.7. The minimum atomic E-state index is -3.82. The van der Waals surface area contributed by atoms with E-state index in [2.05, 4.69) is 26.2 Å². The van der Waals surface area contributed by atoms with Gasteiger partial charge in [-0.1, -0.05) is 29.3 Å². The van der Waals surface area contributed by atoms with Crippen LogP contribution in [0.2, 0.25) is 10.0 Å². The summed E-state index contributed by atoms with van der Waals surface area (Å²) in [6.07, 6.45) is 1.36. The lowest BCUT2D eigenvalue weighted by molar-refractivity contribution is -0.119. The molecular formula is C15H13BrCl2N2O3S. The second-order valence-electron chi connectivity index (χ2n) is 5.03. The number of amides is 1. The lowest BCUT2D eigenvalue weighted by Crippen LogP contribution is -2.32. The zero-order valence-corrected chi connectivity index (χ0v) is 16.4. The van der Waals surface area contributed by atoms with Crippen molar-refractivity contribution >= 4 is 54.9 Å². The van der Waals surface area contributed by atoms with Gasteiger partial charge in [-0.15, -0.1) is 0 Å². The van der Waals surface area contributed by atoms with Crippen molar-refractivity contribution in [2.75, 3.05) is 5.75 Å². The van der Waals surface area contributed by atoms with Crippen molar-refractivity contribution in [1.29, 1.82) is 0 Å². The molecule has 0 bridgehead atoms. The maximum Gasteiger partial charge on any atom is 0.236 e. The molecule has 0 radical (unpaired) electrons. The Kier molecular flexibility index (Phi) is 6.25. The van der Waals surface area contributed by atoms with Crippen LogP contribution in [0, 0.1) is 0 Å². The van der Waals surface area contributed by atoms with Crippen LogP contribution in [-0.2, 0) is 14.6 Å². The number of sulfone groups is 1. The molecule has 2 rings (SSSR count). The first-order valence-electron chi connectivity index (χ1n) is 6.77. The number of pyridine rings is 1. The van der Waals surface area contributed by atoms with Crippen molar-refractivity contribution in [2.24, 2.45) is 0 Å². The lowest BCUT2D eigenvalue weighted by atomic mass is 10.1. The summed E-state index contributed by atoms with van der Waals surface area (Å²) in [5, 5.41) is 3.33. The Morgan fingerprint density at radius 2 is 2.00 bits per heavy atom. The third-order valence-corrected chi connectivity index (χ3v) is 5.70. The van der Waals surface area contributed by atoms with Gasteiger partial charge in [0.1, 0.15) is 5.75 Å². The Morgan fingerprint density at radius 3 is 2.58 bits per heavy atom. The first-order chi connectivity index (χ1) is 11.2. The van der Waals surface area contributed by atoms with E-state index >= 15 is 0 Å².